The van der Waals surface area contributed by atoms with Gasteiger partial charge in [-0.25, -0.2) is 14.2 Å². The Bertz CT molecular complexity index is 854. The highest BCUT2D eigenvalue weighted by Gasteiger charge is 2.03. The van der Waals surface area contributed by atoms with Gasteiger partial charge in [0, 0.05) is 6.07 Å². The van der Waals surface area contributed by atoms with E-state index in [2.05, 4.69) is 4.98 Å². The Balaban J connectivity index is 1.90. The van der Waals surface area contributed by atoms with Crippen LogP contribution in [-0.2, 0) is 0 Å². The van der Waals surface area contributed by atoms with Crippen LogP contribution in [0.25, 0.3) is 22.4 Å². The fourth-order valence-electron chi connectivity index (χ4n) is 1.93. The molecule has 0 aliphatic carbocycles. The van der Waals surface area contributed by atoms with E-state index in [1.165, 1.54) is 23.5 Å². The number of hydrogen-bond donors (Lipinski definition) is 1. The van der Waals surface area contributed by atoms with Crippen LogP contribution in [0.1, 0.15) is 20.9 Å². The van der Waals surface area contributed by atoms with Gasteiger partial charge in [0.25, 0.3) is 0 Å². The first kappa shape index (κ1) is 13.5. The quantitative estimate of drug-likeness (QED) is 0.784. The molecule has 0 radical (unpaired) electrons. The molecule has 0 unspecified atom stereocenters. The number of aromatic nitrogens is 1. The largest absolute Gasteiger partial charge is 0.478 e. The van der Waals surface area contributed by atoms with Gasteiger partial charge in [-0.1, -0.05) is 18.2 Å². The number of carboxylic acids is 1. The minimum atomic E-state index is -0.958. The molecule has 104 valence electrons. The lowest BCUT2D eigenvalue weighted by atomic mass is 10.1. The highest BCUT2D eigenvalue weighted by atomic mass is 32.1. The Morgan fingerprint density at radius 1 is 1.19 bits per heavy atom. The first-order valence-electron chi connectivity index (χ1n) is 6.19. The van der Waals surface area contributed by atoms with Crippen molar-refractivity contribution in [1.29, 1.82) is 0 Å². The van der Waals surface area contributed by atoms with E-state index in [1.807, 2.05) is 6.07 Å². The van der Waals surface area contributed by atoms with Crippen LogP contribution in [-0.4, -0.2) is 16.1 Å². The number of hydrogen-bond acceptors (Lipinski definition) is 3. The summed E-state index contributed by atoms with van der Waals surface area (Å²) in [6, 6.07) is 11.1. The van der Waals surface area contributed by atoms with E-state index < -0.39 is 5.97 Å². The zero-order valence-corrected chi connectivity index (χ0v) is 11.6. The minimum Gasteiger partial charge on any atom is -0.478 e. The molecule has 5 heteroatoms. The second-order valence-electron chi connectivity index (χ2n) is 4.43. The van der Waals surface area contributed by atoms with Gasteiger partial charge in [0.05, 0.1) is 15.8 Å². The fraction of sp³-hybridized carbons (Fsp3) is 0. The lowest BCUT2D eigenvalue weighted by Crippen LogP contribution is -1.95. The van der Waals surface area contributed by atoms with Crippen LogP contribution in [0, 0.1) is 5.82 Å². The number of aromatic carboxylic acids is 1. The van der Waals surface area contributed by atoms with Crippen LogP contribution in [0.3, 0.4) is 0 Å². The maximum absolute atomic E-state index is 13.1. The Hall–Kier alpha value is -2.53. The number of benzene rings is 2. The molecule has 0 atom stereocenters. The van der Waals surface area contributed by atoms with Crippen LogP contribution < -0.4 is 0 Å². The van der Waals surface area contributed by atoms with Gasteiger partial charge in [-0.2, -0.15) is 0 Å². The van der Waals surface area contributed by atoms with Crippen molar-refractivity contribution in [3.05, 3.63) is 64.4 Å². The highest BCUT2D eigenvalue weighted by Crippen LogP contribution is 2.24. The van der Waals surface area contributed by atoms with Gasteiger partial charge in [0.15, 0.2) is 0 Å². The first-order valence-corrected chi connectivity index (χ1v) is 7.01. The van der Waals surface area contributed by atoms with Crippen molar-refractivity contribution >= 4 is 39.7 Å². The van der Waals surface area contributed by atoms with Crippen LogP contribution in [0.4, 0.5) is 4.39 Å². The molecule has 2 aromatic carbocycles. The van der Waals surface area contributed by atoms with Crippen molar-refractivity contribution in [2.75, 3.05) is 0 Å². The molecule has 0 amide bonds. The van der Waals surface area contributed by atoms with E-state index in [9.17, 15) is 9.18 Å². The van der Waals surface area contributed by atoms with E-state index in [0.29, 0.717) is 5.52 Å². The molecule has 1 N–H and O–H groups in total. The lowest BCUT2D eigenvalue weighted by Gasteiger charge is -1.96. The number of carboxylic acid groups (broad SMARTS) is 1. The van der Waals surface area contributed by atoms with Gasteiger partial charge < -0.3 is 5.11 Å². The molecule has 0 fully saturated rings. The Morgan fingerprint density at radius 3 is 2.86 bits per heavy atom. The van der Waals surface area contributed by atoms with Crippen molar-refractivity contribution in [3.63, 3.8) is 0 Å². The molecule has 1 heterocycles. The number of fused-ring (bicyclic) bond motifs is 1. The maximum atomic E-state index is 13.1. The van der Waals surface area contributed by atoms with Crippen LogP contribution >= 0.6 is 11.3 Å². The predicted molar refractivity (Wildman–Crippen MR) is 81.9 cm³/mol. The zero-order chi connectivity index (χ0) is 14.8. The lowest BCUT2D eigenvalue weighted by molar-refractivity contribution is 0.0697. The molecule has 0 bridgehead atoms. The van der Waals surface area contributed by atoms with Gasteiger partial charge in [-0.05, 0) is 35.9 Å². The normalized spacial score (nSPS) is 11.3. The maximum Gasteiger partial charge on any atom is 0.335 e. The van der Waals surface area contributed by atoms with Gasteiger partial charge >= 0.3 is 5.97 Å². The Morgan fingerprint density at radius 2 is 2.05 bits per heavy atom. The molecular formula is C16H10FNO2S. The topological polar surface area (TPSA) is 50.2 Å². The summed E-state index contributed by atoms with van der Waals surface area (Å²) < 4.78 is 14.0. The molecule has 0 saturated heterocycles. The number of carbonyl (C=O) groups is 1. The third kappa shape index (κ3) is 2.98. The molecular weight excluding hydrogens is 289 g/mol. The minimum absolute atomic E-state index is 0.239. The average molecular weight is 299 g/mol. The molecule has 0 saturated carbocycles. The summed E-state index contributed by atoms with van der Waals surface area (Å²) in [5.74, 6) is -1.27. The zero-order valence-electron chi connectivity index (χ0n) is 10.8. The summed E-state index contributed by atoms with van der Waals surface area (Å²) in [5, 5.41) is 9.69. The first-order chi connectivity index (χ1) is 10.1. The van der Waals surface area contributed by atoms with Gasteiger partial charge in [0.2, 0.25) is 0 Å². The molecule has 3 nitrogen and oxygen atoms in total. The smallest absolute Gasteiger partial charge is 0.335 e. The summed E-state index contributed by atoms with van der Waals surface area (Å²) >= 11 is 1.45. The third-order valence-corrected chi connectivity index (χ3v) is 3.92. The summed E-state index contributed by atoms with van der Waals surface area (Å²) in [4.78, 5) is 15.2. The number of halogens is 1. The predicted octanol–water partition coefficient (Wildman–Crippen LogP) is 4.30. The second kappa shape index (κ2) is 5.46. The summed E-state index contributed by atoms with van der Waals surface area (Å²) in [6.45, 7) is 0. The summed E-state index contributed by atoms with van der Waals surface area (Å²) in [6.07, 6.45) is 3.59. The average Bonchev–Trinajstić information content (AvgIpc) is 2.87. The van der Waals surface area contributed by atoms with Crippen molar-refractivity contribution in [2.45, 2.75) is 0 Å². The molecule has 1 aromatic heterocycles. The van der Waals surface area contributed by atoms with E-state index in [-0.39, 0.29) is 11.4 Å². The number of thiazole rings is 1. The summed E-state index contributed by atoms with van der Waals surface area (Å²) in [7, 11) is 0. The van der Waals surface area contributed by atoms with Crippen molar-refractivity contribution < 1.29 is 14.3 Å². The van der Waals surface area contributed by atoms with E-state index in [1.54, 1.807) is 36.4 Å². The molecule has 21 heavy (non-hydrogen) atoms. The van der Waals surface area contributed by atoms with Gasteiger partial charge in [-0.3, -0.25) is 0 Å². The van der Waals surface area contributed by atoms with Crippen molar-refractivity contribution in [2.24, 2.45) is 0 Å². The van der Waals surface area contributed by atoms with E-state index >= 15 is 0 Å². The number of rotatable bonds is 3. The monoisotopic (exact) mass is 299 g/mol. The SMILES string of the molecule is O=C(O)c1cccc(/C=C/c2nc3cc(F)ccc3s2)c1. The van der Waals surface area contributed by atoms with E-state index in [4.69, 9.17) is 5.11 Å². The molecule has 0 aliphatic rings. The number of nitrogens with zero attached hydrogens (tertiary/aromatic N) is 1. The standard InChI is InChI=1S/C16H10FNO2S/c17-12-5-6-14-13(9-12)18-15(21-14)7-4-10-2-1-3-11(8-10)16(19)20/h1-9H,(H,19,20)/b7-4+. The third-order valence-electron chi connectivity index (χ3n) is 2.92. The molecule has 0 spiro atoms. The fourth-order valence-corrected chi connectivity index (χ4v) is 2.78. The van der Waals surface area contributed by atoms with Crippen molar-refractivity contribution in [3.8, 4) is 0 Å². The van der Waals surface area contributed by atoms with Crippen LogP contribution in [0.5, 0.6) is 0 Å². The Labute approximate surface area is 124 Å². The highest BCUT2D eigenvalue weighted by molar-refractivity contribution is 7.19. The van der Waals surface area contributed by atoms with Gasteiger partial charge in [-0.15, -0.1) is 11.3 Å². The van der Waals surface area contributed by atoms with Crippen LogP contribution in [0.15, 0.2) is 42.5 Å². The van der Waals surface area contributed by atoms with Gasteiger partial charge in [0.1, 0.15) is 10.8 Å². The Kier molecular flexibility index (Phi) is 3.50. The van der Waals surface area contributed by atoms with E-state index in [0.717, 1.165) is 15.3 Å². The molecule has 3 rings (SSSR count). The second-order valence-corrected chi connectivity index (χ2v) is 5.49. The van der Waals surface area contributed by atoms with Crippen molar-refractivity contribution in [1.82, 2.24) is 4.98 Å². The molecule has 3 aromatic rings. The van der Waals surface area contributed by atoms with Crippen LogP contribution in [0.2, 0.25) is 0 Å². The summed E-state index contributed by atoms with van der Waals surface area (Å²) in [5.41, 5.74) is 1.64. The molecule has 0 aliphatic heterocycles.